The summed E-state index contributed by atoms with van der Waals surface area (Å²) in [7, 11) is 2.86. The number of hydrogen-bond donors (Lipinski definition) is 1. The van der Waals surface area contributed by atoms with Gasteiger partial charge in [-0.1, -0.05) is 0 Å². The second kappa shape index (κ2) is 4.01. The predicted octanol–water partition coefficient (Wildman–Crippen LogP) is -0.547. The lowest BCUT2D eigenvalue weighted by atomic mass is 11.2. The Morgan fingerprint density at radius 1 is 1.29 bits per heavy atom. The third kappa shape index (κ3) is 2.52. The summed E-state index contributed by atoms with van der Waals surface area (Å²) in [4.78, 5) is 4.10. The van der Waals surface area contributed by atoms with Gasteiger partial charge in [-0.3, -0.25) is 0 Å². The number of hydrogen-bond acceptors (Lipinski definition) is 4. The number of ether oxygens (including phenoxy) is 2. The molecule has 0 aromatic carbocycles. The van der Waals surface area contributed by atoms with Crippen LogP contribution in [-0.4, -0.2) is 20.7 Å². The molecule has 0 spiro atoms. The van der Waals surface area contributed by atoms with Crippen LogP contribution in [0.3, 0.4) is 0 Å². The zero-order valence-electron chi connectivity index (χ0n) is 4.38. The summed E-state index contributed by atoms with van der Waals surface area (Å²) in [6.45, 7) is -0.736. The van der Waals surface area contributed by atoms with Crippen molar-refractivity contribution in [2.75, 3.05) is 14.2 Å². The van der Waals surface area contributed by atoms with Crippen LogP contribution in [0.5, 0.6) is 0 Å². The number of rotatable bonds is 3. The highest BCUT2D eigenvalue weighted by molar-refractivity contribution is 4.06. The van der Waals surface area contributed by atoms with Crippen LogP contribution < -0.4 is 5.90 Å². The smallest absolute Gasteiger partial charge is 0.287 e. The summed E-state index contributed by atoms with van der Waals surface area (Å²) in [6.07, 6.45) is 0. The molecular formula is C3H9NO3. The zero-order chi connectivity index (χ0) is 5.70. The average Bonchev–Trinajstić information content (AvgIpc) is 1.72. The lowest BCUT2D eigenvalue weighted by Crippen LogP contribution is -2.20. The Bertz CT molecular complexity index is 31.7. The Balaban J connectivity index is 2.99. The summed E-state index contributed by atoms with van der Waals surface area (Å²) in [5.74, 6) is 4.64. The van der Waals surface area contributed by atoms with E-state index in [1.807, 2.05) is 0 Å². The summed E-state index contributed by atoms with van der Waals surface area (Å²) < 4.78 is 8.96. The molecule has 2 N–H and O–H groups in total. The highest BCUT2D eigenvalue weighted by atomic mass is 16.9. The van der Waals surface area contributed by atoms with E-state index in [9.17, 15) is 0 Å². The van der Waals surface area contributed by atoms with Crippen molar-refractivity contribution in [1.29, 1.82) is 0 Å². The minimum Gasteiger partial charge on any atom is -0.332 e. The predicted molar refractivity (Wildman–Crippen MR) is 23.1 cm³/mol. The maximum absolute atomic E-state index is 4.64. The Kier molecular flexibility index (Phi) is 3.92. The molecule has 0 rings (SSSR count). The lowest BCUT2D eigenvalue weighted by Gasteiger charge is -2.07. The summed E-state index contributed by atoms with van der Waals surface area (Å²) in [6, 6.07) is 0. The van der Waals surface area contributed by atoms with Crippen molar-refractivity contribution in [1.82, 2.24) is 0 Å². The van der Waals surface area contributed by atoms with Crippen molar-refractivity contribution in [3.05, 3.63) is 0 Å². The third-order valence-corrected chi connectivity index (χ3v) is 0.496. The molecule has 0 aliphatic carbocycles. The number of methoxy groups -OCH3 is 2. The Labute approximate surface area is 42.1 Å². The van der Waals surface area contributed by atoms with Crippen LogP contribution >= 0.6 is 0 Å². The van der Waals surface area contributed by atoms with Gasteiger partial charge in [0.1, 0.15) is 0 Å². The molecule has 0 atom stereocenters. The second-order valence-corrected chi connectivity index (χ2v) is 0.896. The van der Waals surface area contributed by atoms with E-state index in [0.717, 1.165) is 0 Å². The van der Waals surface area contributed by atoms with Crippen LogP contribution in [0.1, 0.15) is 0 Å². The SMILES string of the molecule is COC(OC)ON. The van der Waals surface area contributed by atoms with E-state index in [2.05, 4.69) is 20.2 Å². The first kappa shape index (κ1) is 6.84. The maximum atomic E-state index is 4.64. The molecule has 0 fully saturated rings. The van der Waals surface area contributed by atoms with Gasteiger partial charge >= 0.3 is 0 Å². The first-order chi connectivity index (χ1) is 3.35. The molecule has 4 heteroatoms. The van der Waals surface area contributed by atoms with Gasteiger partial charge in [0.25, 0.3) is 6.48 Å². The fraction of sp³-hybridized carbons (Fsp3) is 1.00. The highest BCUT2D eigenvalue weighted by Crippen LogP contribution is 1.85. The van der Waals surface area contributed by atoms with Gasteiger partial charge in [-0.25, -0.2) is 10.7 Å². The molecule has 0 saturated heterocycles. The quantitative estimate of drug-likeness (QED) is 0.388. The van der Waals surface area contributed by atoms with Crippen molar-refractivity contribution in [2.45, 2.75) is 6.48 Å². The van der Waals surface area contributed by atoms with Gasteiger partial charge < -0.3 is 9.47 Å². The van der Waals surface area contributed by atoms with Crippen LogP contribution in [0.25, 0.3) is 0 Å². The van der Waals surface area contributed by atoms with Gasteiger partial charge in [0.05, 0.1) is 0 Å². The molecular weight excluding hydrogens is 98.0 g/mol. The topological polar surface area (TPSA) is 53.7 Å². The molecule has 0 amide bonds. The van der Waals surface area contributed by atoms with Crippen LogP contribution in [0.2, 0.25) is 0 Å². The first-order valence-corrected chi connectivity index (χ1v) is 1.76. The molecule has 0 heterocycles. The van der Waals surface area contributed by atoms with Gasteiger partial charge in [0.2, 0.25) is 0 Å². The summed E-state index contributed by atoms with van der Waals surface area (Å²) in [5.41, 5.74) is 0. The Morgan fingerprint density at radius 3 is 1.71 bits per heavy atom. The van der Waals surface area contributed by atoms with Gasteiger partial charge in [0, 0.05) is 14.2 Å². The Hall–Kier alpha value is -0.160. The van der Waals surface area contributed by atoms with E-state index < -0.39 is 6.48 Å². The average molecular weight is 107 g/mol. The van der Waals surface area contributed by atoms with E-state index in [-0.39, 0.29) is 0 Å². The van der Waals surface area contributed by atoms with Crippen molar-refractivity contribution < 1.29 is 14.3 Å². The van der Waals surface area contributed by atoms with Crippen LogP contribution in [-0.2, 0) is 14.3 Å². The molecule has 4 nitrogen and oxygen atoms in total. The fourth-order valence-electron chi connectivity index (χ4n) is 0.207. The maximum Gasteiger partial charge on any atom is 0.287 e. The highest BCUT2D eigenvalue weighted by Gasteiger charge is 1.98. The standard InChI is InChI=1S/C3H9NO3/c1-5-3(6-2)7-4/h3H,4H2,1-2H3. The van der Waals surface area contributed by atoms with E-state index in [1.165, 1.54) is 14.2 Å². The first-order valence-electron chi connectivity index (χ1n) is 1.76. The summed E-state index contributed by atoms with van der Waals surface area (Å²) >= 11 is 0. The fourth-order valence-corrected chi connectivity index (χ4v) is 0.207. The monoisotopic (exact) mass is 107 g/mol. The molecule has 0 aliphatic heterocycles. The minimum atomic E-state index is -0.736. The van der Waals surface area contributed by atoms with E-state index in [0.29, 0.717) is 0 Å². The summed E-state index contributed by atoms with van der Waals surface area (Å²) in [5, 5.41) is 0. The number of nitrogens with two attached hydrogens (primary N) is 1. The van der Waals surface area contributed by atoms with Gasteiger partial charge in [-0.05, 0) is 0 Å². The largest absolute Gasteiger partial charge is 0.332 e. The molecule has 0 saturated carbocycles. The minimum absolute atomic E-state index is 0.736. The lowest BCUT2D eigenvalue weighted by molar-refractivity contribution is -0.267. The molecule has 0 bridgehead atoms. The van der Waals surface area contributed by atoms with Gasteiger partial charge in [-0.2, -0.15) is 0 Å². The zero-order valence-corrected chi connectivity index (χ0v) is 4.38. The molecule has 0 aliphatic rings. The Morgan fingerprint density at radius 2 is 1.71 bits per heavy atom. The van der Waals surface area contributed by atoms with E-state index in [4.69, 9.17) is 0 Å². The van der Waals surface area contributed by atoms with E-state index in [1.54, 1.807) is 0 Å². The second-order valence-electron chi connectivity index (χ2n) is 0.896. The van der Waals surface area contributed by atoms with Crippen LogP contribution in [0, 0.1) is 0 Å². The molecule has 0 unspecified atom stereocenters. The van der Waals surface area contributed by atoms with Crippen molar-refractivity contribution >= 4 is 0 Å². The van der Waals surface area contributed by atoms with E-state index >= 15 is 0 Å². The molecule has 0 radical (unpaired) electrons. The molecule has 0 aromatic rings. The molecule has 7 heavy (non-hydrogen) atoms. The van der Waals surface area contributed by atoms with Gasteiger partial charge in [-0.15, -0.1) is 0 Å². The van der Waals surface area contributed by atoms with Crippen molar-refractivity contribution in [2.24, 2.45) is 5.90 Å². The van der Waals surface area contributed by atoms with Gasteiger partial charge in [0.15, 0.2) is 0 Å². The van der Waals surface area contributed by atoms with Crippen molar-refractivity contribution in [3.8, 4) is 0 Å². The van der Waals surface area contributed by atoms with Crippen LogP contribution in [0.4, 0.5) is 0 Å². The third-order valence-electron chi connectivity index (χ3n) is 0.496. The molecule has 44 valence electrons. The molecule has 0 aromatic heterocycles. The normalized spacial score (nSPS) is 10.3. The van der Waals surface area contributed by atoms with Crippen LogP contribution in [0.15, 0.2) is 0 Å². The van der Waals surface area contributed by atoms with Crippen molar-refractivity contribution in [3.63, 3.8) is 0 Å².